The van der Waals surface area contributed by atoms with Gasteiger partial charge in [-0.15, -0.1) is 0 Å². The second-order valence-electron chi connectivity index (χ2n) is 3.99. The summed E-state index contributed by atoms with van der Waals surface area (Å²) in [6.45, 7) is 4.20. The van der Waals surface area contributed by atoms with Crippen LogP contribution in [0.1, 0.15) is 25.5 Å². The fraction of sp³-hybridized carbons (Fsp3) is 0.500. The van der Waals surface area contributed by atoms with E-state index in [9.17, 15) is 9.50 Å². The maximum absolute atomic E-state index is 13.4. The highest BCUT2D eigenvalue weighted by atomic mass is 19.1. The summed E-state index contributed by atoms with van der Waals surface area (Å²) in [4.78, 5) is 1.93. The number of likely N-dealkylation sites (N-methyl/N-ethyl adjacent to an activating group) is 1. The summed E-state index contributed by atoms with van der Waals surface area (Å²) >= 11 is 0. The fourth-order valence-corrected chi connectivity index (χ4v) is 1.63. The molecule has 0 saturated carbocycles. The van der Waals surface area contributed by atoms with Crippen LogP contribution in [0.15, 0.2) is 24.3 Å². The molecule has 0 amide bonds. The van der Waals surface area contributed by atoms with Crippen molar-refractivity contribution in [2.24, 2.45) is 0 Å². The molecule has 84 valence electrons. The lowest BCUT2D eigenvalue weighted by atomic mass is 10.1. The first kappa shape index (κ1) is 12.1. The van der Waals surface area contributed by atoms with Gasteiger partial charge in [-0.25, -0.2) is 4.39 Å². The van der Waals surface area contributed by atoms with E-state index in [2.05, 4.69) is 0 Å². The molecule has 1 unspecified atom stereocenters. The zero-order valence-corrected chi connectivity index (χ0v) is 9.44. The SMILES string of the molecule is CC(c1ccccc1F)N(C)C[C@@H](C)O. The van der Waals surface area contributed by atoms with E-state index < -0.39 is 6.10 Å². The third-order valence-electron chi connectivity index (χ3n) is 2.57. The molecule has 1 rings (SSSR count). The summed E-state index contributed by atoms with van der Waals surface area (Å²) in [5, 5.41) is 9.25. The van der Waals surface area contributed by atoms with Crippen molar-refractivity contribution in [2.45, 2.75) is 26.0 Å². The zero-order chi connectivity index (χ0) is 11.4. The van der Waals surface area contributed by atoms with Crippen molar-refractivity contribution in [1.82, 2.24) is 4.90 Å². The number of aliphatic hydroxyl groups is 1. The van der Waals surface area contributed by atoms with Crippen molar-refractivity contribution >= 4 is 0 Å². The van der Waals surface area contributed by atoms with Crippen LogP contribution in [0.5, 0.6) is 0 Å². The average molecular weight is 211 g/mol. The minimum absolute atomic E-state index is 0.0270. The number of nitrogens with zero attached hydrogens (tertiary/aromatic N) is 1. The van der Waals surface area contributed by atoms with Crippen LogP contribution in [-0.4, -0.2) is 29.7 Å². The number of benzene rings is 1. The molecule has 0 aliphatic carbocycles. The standard InChI is InChI=1S/C12H18FNO/c1-9(15)8-14(3)10(2)11-6-4-5-7-12(11)13/h4-7,9-10,15H,8H2,1-3H3/t9-,10?/m1/s1. The maximum atomic E-state index is 13.4. The Labute approximate surface area is 90.3 Å². The van der Waals surface area contributed by atoms with E-state index in [4.69, 9.17) is 0 Å². The molecule has 0 fully saturated rings. The molecular weight excluding hydrogens is 193 g/mol. The third kappa shape index (κ3) is 3.29. The summed E-state index contributed by atoms with van der Waals surface area (Å²) in [7, 11) is 1.88. The first-order valence-electron chi connectivity index (χ1n) is 5.15. The molecular formula is C12H18FNO. The Hall–Kier alpha value is -0.930. The lowest BCUT2D eigenvalue weighted by Gasteiger charge is -2.26. The molecule has 2 nitrogen and oxygen atoms in total. The minimum Gasteiger partial charge on any atom is -0.392 e. The van der Waals surface area contributed by atoms with Crippen LogP contribution in [0, 0.1) is 5.82 Å². The van der Waals surface area contributed by atoms with E-state index in [1.54, 1.807) is 19.1 Å². The van der Waals surface area contributed by atoms with Crippen LogP contribution in [0.3, 0.4) is 0 Å². The molecule has 1 aromatic carbocycles. The quantitative estimate of drug-likeness (QED) is 0.825. The summed E-state index contributed by atoms with van der Waals surface area (Å²) in [5.41, 5.74) is 0.667. The van der Waals surface area contributed by atoms with E-state index in [0.29, 0.717) is 12.1 Å². The number of hydrogen-bond acceptors (Lipinski definition) is 2. The smallest absolute Gasteiger partial charge is 0.127 e. The summed E-state index contributed by atoms with van der Waals surface area (Å²) < 4.78 is 13.4. The van der Waals surface area contributed by atoms with Crippen molar-refractivity contribution in [1.29, 1.82) is 0 Å². The molecule has 15 heavy (non-hydrogen) atoms. The normalized spacial score (nSPS) is 15.3. The molecule has 0 heterocycles. The lowest BCUT2D eigenvalue weighted by molar-refractivity contribution is 0.120. The largest absolute Gasteiger partial charge is 0.392 e. The van der Waals surface area contributed by atoms with Gasteiger partial charge in [-0.2, -0.15) is 0 Å². The van der Waals surface area contributed by atoms with Gasteiger partial charge in [0, 0.05) is 18.2 Å². The molecule has 0 radical (unpaired) electrons. The number of halogens is 1. The maximum Gasteiger partial charge on any atom is 0.127 e. The van der Waals surface area contributed by atoms with Gasteiger partial charge in [0.1, 0.15) is 5.82 Å². The molecule has 0 aliphatic rings. The first-order valence-corrected chi connectivity index (χ1v) is 5.15. The molecule has 2 atom stereocenters. The molecule has 0 spiro atoms. The second kappa shape index (κ2) is 5.24. The van der Waals surface area contributed by atoms with Gasteiger partial charge in [0.15, 0.2) is 0 Å². The fourth-order valence-electron chi connectivity index (χ4n) is 1.63. The highest BCUT2D eigenvalue weighted by molar-refractivity contribution is 5.20. The monoisotopic (exact) mass is 211 g/mol. The Morgan fingerprint density at radius 2 is 1.93 bits per heavy atom. The molecule has 0 bridgehead atoms. The third-order valence-corrected chi connectivity index (χ3v) is 2.57. The summed E-state index contributed by atoms with van der Waals surface area (Å²) in [5.74, 6) is -0.192. The molecule has 0 aromatic heterocycles. The van der Waals surface area contributed by atoms with Crippen LogP contribution in [0.2, 0.25) is 0 Å². The molecule has 0 saturated heterocycles. The van der Waals surface area contributed by atoms with Gasteiger partial charge >= 0.3 is 0 Å². The highest BCUT2D eigenvalue weighted by Crippen LogP contribution is 2.21. The van der Waals surface area contributed by atoms with Gasteiger partial charge in [0.2, 0.25) is 0 Å². The van der Waals surface area contributed by atoms with Crippen LogP contribution in [-0.2, 0) is 0 Å². The molecule has 0 aliphatic heterocycles. The van der Waals surface area contributed by atoms with Gasteiger partial charge in [-0.1, -0.05) is 18.2 Å². The average Bonchev–Trinajstić information content (AvgIpc) is 2.16. The Kier molecular flexibility index (Phi) is 4.24. The zero-order valence-electron chi connectivity index (χ0n) is 9.44. The van der Waals surface area contributed by atoms with Crippen LogP contribution >= 0.6 is 0 Å². The van der Waals surface area contributed by atoms with E-state index in [0.717, 1.165) is 0 Å². The summed E-state index contributed by atoms with van der Waals surface area (Å²) in [6, 6.07) is 6.71. The van der Waals surface area contributed by atoms with Gasteiger partial charge in [-0.05, 0) is 27.0 Å². The lowest BCUT2D eigenvalue weighted by Crippen LogP contribution is -2.30. The van der Waals surface area contributed by atoms with Gasteiger partial charge in [-0.3, -0.25) is 4.90 Å². The number of rotatable bonds is 4. The predicted molar refractivity (Wildman–Crippen MR) is 59.1 cm³/mol. The van der Waals surface area contributed by atoms with Crippen molar-refractivity contribution in [2.75, 3.05) is 13.6 Å². The van der Waals surface area contributed by atoms with Crippen molar-refractivity contribution in [3.63, 3.8) is 0 Å². The Morgan fingerprint density at radius 3 is 2.47 bits per heavy atom. The van der Waals surface area contributed by atoms with Crippen molar-refractivity contribution < 1.29 is 9.50 Å². The first-order chi connectivity index (χ1) is 7.02. The number of hydrogen-bond donors (Lipinski definition) is 1. The Bertz CT molecular complexity index is 314. The molecule has 3 heteroatoms. The molecule has 1 aromatic rings. The van der Waals surface area contributed by atoms with E-state index in [1.165, 1.54) is 6.07 Å². The number of aliphatic hydroxyl groups excluding tert-OH is 1. The van der Waals surface area contributed by atoms with Crippen molar-refractivity contribution in [3.8, 4) is 0 Å². The van der Waals surface area contributed by atoms with Gasteiger partial charge < -0.3 is 5.11 Å². The van der Waals surface area contributed by atoms with E-state index in [-0.39, 0.29) is 11.9 Å². The summed E-state index contributed by atoms with van der Waals surface area (Å²) in [6.07, 6.45) is -0.399. The molecule has 1 N–H and O–H groups in total. The second-order valence-corrected chi connectivity index (χ2v) is 3.99. The highest BCUT2D eigenvalue weighted by Gasteiger charge is 2.15. The topological polar surface area (TPSA) is 23.5 Å². The van der Waals surface area contributed by atoms with Gasteiger partial charge in [0.05, 0.1) is 6.10 Å². The Balaban J connectivity index is 2.76. The minimum atomic E-state index is -0.399. The van der Waals surface area contributed by atoms with Gasteiger partial charge in [0.25, 0.3) is 0 Å². The van der Waals surface area contributed by atoms with E-state index >= 15 is 0 Å². The Morgan fingerprint density at radius 1 is 1.33 bits per heavy atom. The van der Waals surface area contributed by atoms with E-state index in [1.807, 2.05) is 24.9 Å². The van der Waals surface area contributed by atoms with Crippen LogP contribution < -0.4 is 0 Å². The van der Waals surface area contributed by atoms with Crippen molar-refractivity contribution in [3.05, 3.63) is 35.6 Å². The van der Waals surface area contributed by atoms with Crippen LogP contribution in [0.25, 0.3) is 0 Å². The van der Waals surface area contributed by atoms with Crippen LogP contribution in [0.4, 0.5) is 4.39 Å². The predicted octanol–water partition coefficient (Wildman–Crippen LogP) is 2.20.